The van der Waals surface area contributed by atoms with E-state index in [2.05, 4.69) is 15.3 Å². The van der Waals surface area contributed by atoms with Crippen molar-refractivity contribution in [2.75, 3.05) is 12.4 Å². The minimum absolute atomic E-state index is 0.320. The smallest absolute Gasteiger partial charge is 0.262 e. The lowest BCUT2D eigenvalue weighted by Gasteiger charge is -2.11. The molecule has 11 heteroatoms. The fourth-order valence-electron chi connectivity index (χ4n) is 3.06. The van der Waals surface area contributed by atoms with E-state index in [4.69, 9.17) is 10.5 Å². The van der Waals surface area contributed by atoms with Crippen LogP contribution >= 0.6 is 22.7 Å². The molecule has 4 rings (SSSR count). The van der Waals surface area contributed by atoms with E-state index < -0.39 is 17.7 Å². The van der Waals surface area contributed by atoms with E-state index in [0.717, 1.165) is 15.1 Å². The van der Waals surface area contributed by atoms with Crippen molar-refractivity contribution < 1.29 is 14.3 Å². The predicted octanol–water partition coefficient (Wildman–Crippen LogP) is 2.23. The number of thiophene rings is 1. The zero-order valence-electron chi connectivity index (χ0n) is 17.0. The van der Waals surface area contributed by atoms with Crippen LogP contribution in [-0.2, 0) is 16.1 Å². The van der Waals surface area contributed by atoms with Crippen molar-refractivity contribution in [1.82, 2.24) is 14.5 Å². The summed E-state index contributed by atoms with van der Waals surface area (Å²) in [6.45, 7) is 3.41. The second kappa shape index (κ2) is 8.17. The van der Waals surface area contributed by atoms with Crippen molar-refractivity contribution in [2.45, 2.75) is 26.4 Å². The number of amides is 1. The molecule has 3 aromatic heterocycles. The van der Waals surface area contributed by atoms with Crippen LogP contribution in [0.1, 0.15) is 10.4 Å². The number of anilines is 1. The van der Waals surface area contributed by atoms with Crippen LogP contribution in [0.4, 0.5) is 5.13 Å². The number of carbonyl (C=O) groups is 2. The van der Waals surface area contributed by atoms with Crippen molar-refractivity contribution in [2.24, 2.45) is 5.73 Å². The molecule has 0 radical (unpaired) electrons. The van der Waals surface area contributed by atoms with E-state index in [9.17, 15) is 14.4 Å². The quantitative estimate of drug-likeness (QED) is 0.425. The third kappa shape index (κ3) is 3.94. The molecule has 1 amide bonds. The first-order chi connectivity index (χ1) is 14.8. The third-order valence-electron chi connectivity index (χ3n) is 4.94. The van der Waals surface area contributed by atoms with Gasteiger partial charge in [-0.1, -0.05) is 11.3 Å². The largest absolute Gasteiger partial charge is 0.497 e. The maximum absolute atomic E-state index is 12.8. The van der Waals surface area contributed by atoms with Gasteiger partial charge in [0.2, 0.25) is 0 Å². The van der Waals surface area contributed by atoms with Crippen LogP contribution in [0.25, 0.3) is 20.4 Å². The summed E-state index contributed by atoms with van der Waals surface area (Å²) in [4.78, 5) is 48.0. The van der Waals surface area contributed by atoms with Gasteiger partial charge in [0, 0.05) is 4.88 Å². The van der Waals surface area contributed by atoms with E-state index >= 15 is 0 Å². The molecule has 1 unspecified atom stereocenters. The SMILES string of the molecule is COc1ccc2nc(NC(=O)C(N)C(=O)Cn3cnc4sc(C)c(C)c4c3=O)sc2c1. The Morgan fingerprint density at radius 3 is 2.81 bits per heavy atom. The summed E-state index contributed by atoms with van der Waals surface area (Å²) >= 11 is 2.67. The van der Waals surface area contributed by atoms with Gasteiger partial charge < -0.3 is 15.8 Å². The van der Waals surface area contributed by atoms with Gasteiger partial charge in [0.25, 0.3) is 11.5 Å². The van der Waals surface area contributed by atoms with Crippen LogP contribution < -0.4 is 21.3 Å². The molecule has 3 N–H and O–H groups in total. The molecule has 3 heterocycles. The van der Waals surface area contributed by atoms with E-state index in [1.165, 1.54) is 33.6 Å². The standard InChI is InChI=1S/C20H19N5O4S2/c1-9-10(2)30-18-15(9)19(28)25(8-22-18)7-13(26)16(21)17(27)24-20-23-12-5-4-11(29-3)6-14(12)31-20/h4-6,8,16H,7,21H2,1-3H3,(H,23,24,27). The van der Waals surface area contributed by atoms with Gasteiger partial charge in [0.15, 0.2) is 10.9 Å². The zero-order valence-corrected chi connectivity index (χ0v) is 18.6. The van der Waals surface area contributed by atoms with Gasteiger partial charge in [-0.05, 0) is 37.6 Å². The van der Waals surface area contributed by atoms with Gasteiger partial charge in [-0.2, -0.15) is 0 Å². The first kappa shape index (κ1) is 21.1. The van der Waals surface area contributed by atoms with Crippen LogP contribution in [0.15, 0.2) is 29.3 Å². The Hall–Kier alpha value is -3.15. The van der Waals surface area contributed by atoms with Crippen LogP contribution in [0.2, 0.25) is 0 Å². The zero-order chi connectivity index (χ0) is 22.3. The number of hydrogen-bond acceptors (Lipinski definition) is 9. The highest BCUT2D eigenvalue weighted by Gasteiger charge is 2.24. The van der Waals surface area contributed by atoms with Gasteiger partial charge in [0.1, 0.15) is 16.6 Å². The number of rotatable bonds is 6. The highest BCUT2D eigenvalue weighted by Crippen LogP contribution is 2.29. The van der Waals surface area contributed by atoms with Crippen molar-refractivity contribution >= 4 is 59.9 Å². The number of nitrogens with two attached hydrogens (primary N) is 1. The molecular formula is C20H19N5O4S2. The number of aromatic nitrogens is 3. The fraction of sp³-hybridized carbons (Fsp3) is 0.250. The summed E-state index contributed by atoms with van der Waals surface area (Å²) < 4.78 is 7.18. The normalized spacial score (nSPS) is 12.3. The lowest BCUT2D eigenvalue weighted by Crippen LogP contribution is -2.45. The summed E-state index contributed by atoms with van der Waals surface area (Å²) in [5, 5.41) is 3.38. The summed E-state index contributed by atoms with van der Waals surface area (Å²) in [6, 6.07) is 3.89. The Morgan fingerprint density at radius 1 is 1.29 bits per heavy atom. The number of benzene rings is 1. The number of ketones is 1. The van der Waals surface area contributed by atoms with Crippen molar-refractivity contribution in [3.8, 4) is 5.75 Å². The molecule has 160 valence electrons. The number of aryl methyl sites for hydroxylation is 2. The van der Waals surface area contributed by atoms with Gasteiger partial charge in [-0.25, -0.2) is 9.97 Å². The van der Waals surface area contributed by atoms with Crippen molar-refractivity contribution in [1.29, 1.82) is 0 Å². The molecule has 0 bridgehead atoms. The summed E-state index contributed by atoms with van der Waals surface area (Å²) in [5.74, 6) is -0.623. The van der Waals surface area contributed by atoms with Crippen LogP contribution in [0.3, 0.4) is 0 Å². The highest BCUT2D eigenvalue weighted by atomic mass is 32.1. The second-order valence-electron chi connectivity index (χ2n) is 6.93. The number of thiazole rings is 1. The number of nitrogens with one attached hydrogen (secondary N) is 1. The Labute approximate surface area is 184 Å². The number of nitrogens with zero attached hydrogens (tertiary/aromatic N) is 3. The Bertz CT molecular complexity index is 1390. The Kier molecular flexibility index (Phi) is 5.56. The molecule has 0 aliphatic carbocycles. The summed E-state index contributed by atoms with van der Waals surface area (Å²) in [6.07, 6.45) is 1.31. The lowest BCUT2D eigenvalue weighted by atomic mass is 10.2. The van der Waals surface area contributed by atoms with E-state index in [1.807, 2.05) is 13.8 Å². The fourth-order valence-corrected chi connectivity index (χ4v) is 4.95. The third-order valence-corrected chi connectivity index (χ3v) is 6.99. The maximum Gasteiger partial charge on any atom is 0.262 e. The minimum atomic E-state index is -1.45. The first-order valence-electron chi connectivity index (χ1n) is 9.27. The monoisotopic (exact) mass is 457 g/mol. The van der Waals surface area contributed by atoms with E-state index in [-0.39, 0.29) is 12.1 Å². The van der Waals surface area contributed by atoms with Crippen LogP contribution in [0.5, 0.6) is 5.75 Å². The van der Waals surface area contributed by atoms with Crippen LogP contribution in [0, 0.1) is 13.8 Å². The highest BCUT2D eigenvalue weighted by molar-refractivity contribution is 7.22. The van der Waals surface area contributed by atoms with Gasteiger partial charge in [-0.3, -0.25) is 19.0 Å². The lowest BCUT2D eigenvalue weighted by molar-refractivity contribution is -0.127. The molecule has 31 heavy (non-hydrogen) atoms. The number of fused-ring (bicyclic) bond motifs is 2. The Balaban J connectivity index is 1.50. The average Bonchev–Trinajstić information content (AvgIpc) is 3.28. The second-order valence-corrected chi connectivity index (χ2v) is 9.16. The molecule has 4 aromatic rings. The summed E-state index contributed by atoms with van der Waals surface area (Å²) in [5.41, 5.74) is 7.06. The van der Waals surface area contributed by atoms with E-state index in [0.29, 0.717) is 26.6 Å². The molecule has 0 fully saturated rings. The van der Waals surface area contributed by atoms with Gasteiger partial charge in [0.05, 0.1) is 35.6 Å². The van der Waals surface area contributed by atoms with Gasteiger partial charge >= 0.3 is 0 Å². The minimum Gasteiger partial charge on any atom is -0.497 e. The predicted molar refractivity (Wildman–Crippen MR) is 121 cm³/mol. The summed E-state index contributed by atoms with van der Waals surface area (Å²) in [7, 11) is 1.56. The number of carbonyl (C=O) groups excluding carboxylic acids is 2. The molecule has 0 aliphatic heterocycles. The van der Waals surface area contributed by atoms with Crippen LogP contribution in [-0.4, -0.2) is 39.4 Å². The number of Topliss-reactive ketones (excluding diaryl/α,β-unsaturated/α-hetero) is 1. The molecule has 1 atom stereocenters. The molecule has 1 aromatic carbocycles. The number of ether oxygens (including phenoxy) is 1. The van der Waals surface area contributed by atoms with Crippen molar-refractivity contribution in [3.05, 3.63) is 45.3 Å². The molecule has 0 saturated carbocycles. The topological polar surface area (TPSA) is 129 Å². The average molecular weight is 458 g/mol. The first-order valence-corrected chi connectivity index (χ1v) is 10.9. The molecule has 9 nitrogen and oxygen atoms in total. The van der Waals surface area contributed by atoms with E-state index in [1.54, 1.807) is 25.3 Å². The van der Waals surface area contributed by atoms with Crippen molar-refractivity contribution in [3.63, 3.8) is 0 Å². The maximum atomic E-state index is 12.8. The van der Waals surface area contributed by atoms with Gasteiger partial charge in [-0.15, -0.1) is 11.3 Å². The number of hydrogen-bond donors (Lipinski definition) is 2. The molecule has 0 saturated heterocycles. The molecular weight excluding hydrogens is 438 g/mol. The molecule has 0 aliphatic rings. The Morgan fingerprint density at radius 2 is 2.06 bits per heavy atom. The number of methoxy groups -OCH3 is 1. The molecule has 0 spiro atoms.